The fraction of sp³-hybridized carbons (Fsp3) is 0.346. The maximum absolute atomic E-state index is 5.41. The molecule has 1 fully saturated rings. The SMILES string of the molecule is COc1ncccc1CN1CCC(CCc2ccccc2-c2ccccc2)CC1. The Labute approximate surface area is 174 Å². The summed E-state index contributed by atoms with van der Waals surface area (Å²) in [5.74, 6) is 1.57. The van der Waals surface area contributed by atoms with Crippen molar-refractivity contribution in [1.29, 1.82) is 0 Å². The topological polar surface area (TPSA) is 25.4 Å². The van der Waals surface area contributed by atoms with Crippen molar-refractivity contribution in [3.8, 4) is 17.0 Å². The van der Waals surface area contributed by atoms with E-state index in [9.17, 15) is 0 Å². The molecule has 3 aromatic rings. The number of aryl methyl sites for hydroxylation is 1. The molecule has 0 atom stereocenters. The summed E-state index contributed by atoms with van der Waals surface area (Å²) in [6.07, 6.45) is 6.77. The number of rotatable bonds is 7. The average molecular weight is 387 g/mol. The second-order valence-electron chi connectivity index (χ2n) is 7.95. The molecule has 0 spiro atoms. The van der Waals surface area contributed by atoms with Gasteiger partial charge in [-0.1, -0.05) is 60.7 Å². The average Bonchev–Trinajstić information content (AvgIpc) is 2.80. The fourth-order valence-electron chi connectivity index (χ4n) is 4.40. The first-order valence-corrected chi connectivity index (χ1v) is 10.7. The van der Waals surface area contributed by atoms with E-state index in [1.807, 2.05) is 6.07 Å². The quantitative estimate of drug-likeness (QED) is 0.528. The minimum absolute atomic E-state index is 0.757. The predicted octanol–water partition coefficient (Wildman–Crippen LogP) is 5.60. The lowest BCUT2D eigenvalue weighted by Crippen LogP contribution is -2.33. The standard InChI is InChI=1S/C26H30N2O/c1-29-26-24(11-7-17-27-26)20-28-18-15-21(16-19-28)13-14-23-10-5-6-12-25(23)22-8-3-2-4-9-22/h2-12,17,21H,13-16,18-20H2,1H3. The largest absolute Gasteiger partial charge is 0.481 e. The van der Waals surface area contributed by atoms with Crippen molar-refractivity contribution in [3.63, 3.8) is 0 Å². The van der Waals surface area contributed by atoms with Gasteiger partial charge in [-0.25, -0.2) is 4.98 Å². The third kappa shape index (κ3) is 5.04. The van der Waals surface area contributed by atoms with Crippen molar-refractivity contribution in [1.82, 2.24) is 9.88 Å². The van der Waals surface area contributed by atoms with Crippen LogP contribution in [0.4, 0.5) is 0 Å². The normalized spacial score (nSPS) is 15.3. The van der Waals surface area contributed by atoms with Crippen LogP contribution in [0.1, 0.15) is 30.4 Å². The van der Waals surface area contributed by atoms with Gasteiger partial charge in [0.1, 0.15) is 0 Å². The summed E-state index contributed by atoms with van der Waals surface area (Å²) in [5, 5.41) is 0. The van der Waals surface area contributed by atoms with Gasteiger partial charge in [0.15, 0.2) is 0 Å². The molecule has 29 heavy (non-hydrogen) atoms. The summed E-state index contributed by atoms with van der Waals surface area (Å²) in [5.41, 5.74) is 5.36. The molecule has 0 unspecified atom stereocenters. The van der Waals surface area contributed by atoms with Gasteiger partial charge in [0.25, 0.3) is 0 Å². The van der Waals surface area contributed by atoms with Crippen LogP contribution in [0.2, 0.25) is 0 Å². The van der Waals surface area contributed by atoms with Crippen molar-refractivity contribution < 1.29 is 4.74 Å². The highest BCUT2D eigenvalue weighted by Gasteiger charge is 2.20. The van der Waals surface area contributed by atoms with Crippen LogP contribution in [-0.4, -0.2) is 30.1 Å². The van der Waals surface area contributed by atoms with Gasteiger partial charge < -0.3 is 4.74 Å². The number of methoxy groups -OCH3 is 1. The number of aromatic nitrogens is 1. The van der Waals surface area contributed by atoms with E-state index < -0.39 is 0 Å². The number of benzene rings is 2. The molecule has 150 valence electrons. The van der Waals surface area contributed by atoms with E-state index in [0.29, 0.717) is 0 Å². The first-order chi connectivity index (χ1) is 14.3. The summed E-state index contributed by atoms with van der Waals surface area (Å²) in [6, 6.07) is 23.8. The lowest BCUT2D eigenvalue weighted by Gasteiger charge is -2.32. The summed E-state index contributed by atoms with van der Waals surface area (Å²) >= 11 is 0. The zero-order valence-corrected chi connectivity index (χ0v) is 17.3. The van der Waals surface area contributed by atoms with Crippen LogP contribution in [-0.2, 0) is 13.0 Å². The van der Waals surface area contributed by atoms with Gasteiger partial charge in [0.2, 0.25) is 5.88 Å². The van der Waals surface area contributed by atoms with Crippen molar-refractivity contribution in [2.75, 3.05) is 20.2 Å². The Morgan fingerprint density at radius 2 is 1.62 bits per heavy atom. The number of piperidine rings is 1. The van der Waals surface area contributed by atoms with E-state index in [1.165, 1.54) is 41.5 Å². The Morgan fingerprint density at radius 3 is 2.41 bits per heavy atom. The zero-order chi connectivity index (χ0) is 19.9. The molecular weight excluding hydrogens is 356 g/mol. The first-order valence-electron chi connectivity index (χ1n) is 10.7. The number of pyridine rings is 1. The molecule has 4 rings (SSSR count). The molecule has 0 bridgehead atoms. The minimum Gasteiger partial charge on any atom is -0.481 e. The van der Waals surface area contributed by atoms with Crippen LogP contribution in [0, 0.1) is 5.92 Å². The molecule has 3 heteroatoms. The molecule has 0 radical (unpaired) electrons. The molecule has 1 aromatic heterocycles. The third-order valence-corrected chi connectivity index (χ3v) is 6.07. The Bertz CT molecular complexity index is 901. The lowest BCUT2D eigenvalue weighted by atomic mass is 9.88. The molecule has 0 saturated carbocycles. The van der Waals surface area contributed by atoms with E-state index in [2.05, 4.69) is 70.5 Å². The molecule has 2 aromatic carbocycles. The predicted molar refractivity (Wildman–Crippen MR) is 119 cm³/mol. The van der Waals surface area contributed by atoms with E-state index in [-0.39, 0.29) is 0 Å². The number of ether oxygens (including phenoxy) is 1. The number of likely N-dealkylation sites (tertiary alicyclic amines) is 1. The smallest absolute Gasteiger partial charge is 0.217 e. The molecule has 1 aliphatic heterocycles. The maximum Gasteiger partial charge on any atom is 0.217 e. The van der Waals surface area contributed by atoms with Crippen molar-refractivity contribution in [3.05, 3.63) is 84.1 Å². The molecule has 0 aliphatic carbocycles. The van der Waals surface area contributed by atoms with Crippen LogP contribution in [0.15, 0.2) is 72.9 Å². The fourth-order valence-corrected chi connectivity index (χ4v) is 4.40. The number of nitrogens with zero attached hydrogens (tertiary/aromatic N) is 2. The van der Waals surface area contributed by atoms with E-state index in [4.69, 9.17) is 4.74 Å². The second-order valence-corrected chi connectivity index (χ2v) is 7.95. The van der Waals surface area contributed by atoms with Crippen molar-refractivity contribution in [2.45, 2.75) is 32.2 Å². The molecule has 2 heterocycles. The minimum atomic E-state index is 0.757. The molecular formula is C26H30N2O. The Balaban J connectivity index is 1.31. The molecule has 3 nitrogen and oxygen atoms in total. The highest BCUT2D eigenvalue weighted by molar-refractivity contribution is 5.67. The van der Waals surface area contributed by atoms with Crippen molar-refractivity contribution in [2.24, 2.45) is 5.92 Å². The summed E-state index contributed by atoms with van der Waals surface area (Å²) in [7, 11) is 1.70. The highest BCUT2D eigenvalue weighted by Crippen LogP contribution is 2.28. The first kappa shape index (κ1) is 19.7. The Kier molecular flexibility index (Phi) is 6.58. The van der Waals surface area contributed by atoms with Gasteiger partial charge in [-0.2, -0.15) is 0 Å². The second kappa shape index (κ2) is 9.71. The van der Waals surface area contributed by atoms with E-state index >= 15 is 0 Å². The highest BCUT2D eigenvalue weighted by atomic mass is 16.5. The molecule has 1 saturated heterocycles. The van der Waals surface area contributed by atoms with E-state index in [0.717, 1.165) is 37.9 Å². The lowest BCUT2D eigenvalue weighted by molar-refractivity contribution is 0.170. The van der Waals surface area contributed by atoms with Crippen LogP contribution < -0.4 is 4.74 Å². The van der Waals surface area contributed by atoms with Gasteiger partial charge >= 0.3 is 0 Å². The summed E-state index contributed by atoms with van der Waals surface area (Å²) < 4.78 is 5.41. The summed E-state index contributed by atoms with van der Waals surface area (Å²) in [4.78, 5) is 6.86. The van der Waals surface area contributed by atoms with Crippen LogP contribution >= 0.6 is 0 Å². The van der Waals surface area contributed by atoms with Gasteiger partial charge in [-0.3, -0.25) is 4.90 Å². The van der Waals surface area contributed by atoms with Gasteiger partial charge in [0, 0.05) is 18.3 Å². The third-order valence-electron chi connectivity index (χ3n) is 6.07. The van der Waals surface area contributed by atoms with Crippen LogP contribution in [0.25, 0.3) is 11.1 Å². The Morgan fingerprint density at radius 1 is 0.897 bits per heavy atom. The molecule has 0 amide bonds. The zero-order valence-electron chi connectivity index (χ0n) is 17.3. The van der Waals surface area contributed by atoms with Crippen LogP contribution in [0.3, 0.4) is 0 Å². The van der Waals surface area contributed by atoms with Gasteiger partial charge in [-0.15, -0.1) is 0 Å². The maximum atomic E-state index is 5.41. The van der Waals surface area contributed by atoms with Crippen LogP contribution in [0.5, 0.6) is 5.88 Å². The van der Waals surface area contributed by atoms with Gasteiger partial charge in [-0.05, 0) is 67.4 Å². The van der Waals surface area contributed by atoms with Crippen molar-refractivity contribution >= 4 is 0 Å². The monoisotopic (exact) mass is 386 g/mol. The summed E-state index contributed by atoms with van der Waals surface area (Å²) in [6.45, 7) is 3.24. The number of hydrogen-bond acceptors (Lipinski definition) is 3. The molecule has 0 N–H and O–H groups in total. The number of hydrogen-bond donors (Lipinski definition) is 0. The van der Waals surface area contributed by atoms with E-state index in [1.54, 1.807) is 13.3 Å². The molecule has 1 aliphatic rings. The Hall–Kier alpha value is -2.65. The van der Waals surface area contributed by atoms with Gasteiger partial charge in [0.05, 0.1) is 7.11 Å².